The summed E-state index contributed by atoms with van der Waals surface area (Å²) in [4.78, 5) is 10.4. The van der Waals surface area contributed by atoms with Crippen LogP contribution in [0.2, 0.25) is 0 Å². The van der Waals surface area contributed by atoms with E-state index < -0.39 is 14.9 Å². The lowest BCUT2D eigenvalue weighted by atomic mass is 10.1. The summed E-state index contributed by atoms with van der Waals surface area (Å²) in [5.74, 6) is 0. The van der Waals surface area contributed by atoms with Gasteiger partial charge in [-0.2, -0.15) is 4.31 Å². The molecular formula is C18H21N3O4S. The Morgan fingerprint density at radius 1 is 1.12 bits per heavy atom. The number of sulfonamides is 1. The summed E-state index contributed by atoms with van der Waals surface area (Å²) in [7, 11) is -3.77. The molecule has 0 spiro atoms. The molecule has 3 rings (SSSR count). The van der Waals surface area contributed by atoms with Crippen LogP contribution in [0.1, 0.15) is 18.4 Å². The van der Waals surface area contributed by atoms with Crippen molar-refractivity contribution < 1.29 is 13.3 Å². The first-order chi connectivity index (χ1) is 12.5. The fraction of sp³-hybridized carbons (Fsp3) is 0.333. The van der Waals surface area contributed by atoms with Gasteiger partial charge in [0.2, 0.25) is 10.0 Å². The molecule has 0 saturated carbocycles. The van der Waals surface area contributed by atoms with Crippen molar-refractivity contribution in [1.82, 2.24) is 9.62 Å². The van der Waals surface area contributed by atoms with E-state index in [0.29, 0.717) is 6.54 Å². The predicted molar refractivity (Wildman–Crippen MR) is 98.2 cm³/mol. The van der Waals surface area contributed by atoms with Gasteiger partial charge < -0.3 is 5.32 Å². The lowest BCUT2D eigenvalue weighted by Crippen LogP contribution is -2.48. The number of hydrogen-bond donors (Lipinski definition) is 1. The van der Waals surface area contributed by atoms with Gasteiger partial charge in [0.25, 0.3) is 5.69 Å². The van der Waals surface area contributed by atoms with Crippen LogP contribution in [0.25, 0.3) is 0 Å². The second-order valence-electron chi connectivity index (χ2n) is 6.29. The Morgan fingerprint density at radius 2 is 1.81 bits per heavy atom. The molecule has 2 aromatic rings. The predicted octanol–water partition coefficient (Wildman–Crippen LogP) is 2.54. The smallest absolute Gasteiger partial charge is 0.269 e. The minimum atomic E-state index is -3.77. The summed E-state index contributed by atoms with van der Waals surface area (Å²) in [5, 5.41) is 14.1. The summed E-state index contributed by atoms with van der Waals surface area (Å²) < 4.78 is 28.0. The summed E-state index contributed by atoms with van der Waals surface area (Å²) in [5.41, 5.74) is 0.779. The standard InChI is InChI=1S/C18H21N3O4S/c22-21(23)16-8-10-18(11-9-16)26(24,25)20(17-7-4-12-19-13-17)14-15-5-2-1-3-6-15/h1-3,5-6,8-11,17,19H,4,7,12-14H2. The van der Waals surface area contributed by atoms with Crippen molar-refractivity contribution >= 4 is 15.7 Å². The molecule has 1 atom stereocenters. The zero-order chi connectivity index (χ0) is 18.6. The van der Waals surface area contributed by atoms with Gasteiger partial charge >= 0.3 is 0 Å². The van der Waals surface area contributed by atoms with Crippen LogP contribution in [-0.2, 0) is 16.6 Å². The van der Waals surface area contributed by atoms with Crippen molar-refractivity contribution in [3.8, 4) is 0 Å². The molecule has 0 radical (unpaired) electrons. The lowest BCUT2D eigenvalue weighted by Gasteiger charge is -2.34. The van der Waals surface area contributed by atoms with E-state index >= 15 is 0 Å². The van der Waals surface area contributed by atoms with Gasteiger partial charge in [0.05, 0.1) is 9.82 Å². The van der Waals surface area contributed by atoms with Crippen LogP contribution in [0.3, 0.4) is 0 Å². The highest BCUT2D eigenvalue weighted by Gasteiger charge is 2.32. The largest absolute Gasteiger partial charge is 0.315 e. The molecule has 1 fully saturated rings. The van der Waals surface area contributed by atoms with E-state index in [9.17, 15) is 18.5 Å². The molecule has 0 amide bonds. The highest BCUT2D eigenvalue weighted by molar-refractivity contribution is 7.89. The first-order valence-corrected chi connectivity index (χ1v) is 9.93. The number of hydrogen-bond acceptors (Lipinski definition) is 5. The Balaban J connectivity index is 1.94. The second kappa shape index (κ2) is 7.94. The van der Waals surface area contributed by atoms with E-state index in [1.54, 1.807) is 0 Å². The number of nitro groups is 1. The fourth-order valence-electron chi connectivity index (χ4n) is 3.13. The van der Waals surface area contributed by atoms with E-state index in [2.05, 4.69) is 5.32 Å². The first kappa shape index (κ1) is 18.5. The number of benzene rings is 2. The second-order valence-corrected chi connectivity index (χ2v) is 8.18. The average molecular weight is 375 g/mol. The van der Waals surface area contributed by atoms with Gasteiger partial charge in [-0.05, 0) is 37.1 Å². The fourth-order valence-corrected chi connectivity index (χ4v) is 4.77. The summed E-state index contributed by atoms with van der Waals surface area (Å²) >= 11 is 0. The molecule has 1 aliphatic rings. The topological polar surface area (TPSA) is 92.5 Å². The molecule has 7 nitrogen and oxygen atoms in total. The van der Waals surface area contributed by atoms with Gasteiger partial charge in [0, 0.05) is 31.3 Å². The quantitative estimate of drug-likeness (QED) is 0.619. The van der Waals surface area contributed by atoms with Crippen LogP contribution in [0.5, 0.6) is 0 Å². The maximum Gasteiger partial charge on any atom is 0.269 e. The Labute approximate surface area is 152 Å². The van der Waals surface area contributed by atoms with Gasteiger partial charge in [-0.15, -0.1) is 0 Å². The zero-order valence-electron chi connectivity index (χ0n) is 14.2. The number of piperidine rings is 1. The molecule has 0 bridgehead atoms. The van der Waals surface area contributed by atoms with Crippen molar-refractivity contribution in [2.24, 2.45) is 0 Å². The molecule has 1 saturated heterocycles. The van der Waals surface area contributed by atoms with Crippen LogP contribution in [0.15, 0.2) is 59.5 Å². The van der Waals surface area contributed by atoms with Crippen molar-refractivity contribution in [3.05, 3.63) is 70.3 Å². The maximum absolute atomic E-state index is 13.2. The van der Waals surface area contributed by atoms with E-state index in [0.717, 1.165) is 24.9 Å². The molecule has 1 N–H and O–H groups in total. The molecule has 2 aromatic carbocycles. The van der Waals surface area contributed by atoms with Gasteiger partial charge in [-0.3, -0.25) is 10.1 Å². The minimum Gasteiger partial charge on any atom is -0.315 e. The van der Waals surface area contributed by atoms with Gasteiger partial charge in [0.15, 0.2) is 0 Å². The molecule has 138 valence electrons. The molecule has 1 unspecified atom stereocenters. The third kappa shape index (κ3) is 4.09. The number of rotatable bonds is 6. The minimum absolute atomic E-state index is 0.0737. The SMILES string of the molecule is O=[N+]([O-])c1ccc(S(=O)(=O)N(Cc2ccccc2)C2CCCNC2)cc1. The van der Waals surface area contributed by atoms with Crippen LogP contribution in [-0.4, -0.2) is 36.8 Å². The number of non-ortho nitro benzene ring substituents is 1. The number of nitrogens with one attached hydrogen (secondary N) is 1. The van der Waals surface area contributed by atoms with Gasteiger partial charge in [0.1, 0.15) is 0 Å². The summed E-state index contributed by atoms with van der Waals surface area (Å²) in [6.45, 7) is 1.75. The normalized spacial score (nSPS) is 18.0. The van der Waals surface area contributed by atoms with Crippen molar-refractivity contribution in [2.45, 2.75) is 30.3 Å². The van der Waals surface area contributed by atoms with Crippen LogP contribution in [0.4, 0.5) is 5.69 Å². The van der Waals surface area contributed by atoms with Gasteiger partial charge in [-0.25, -0.2) is 8.42 Å². The Hall–Kier alpha value is -2.29. The molecule has 0 aromatic heterocycles. The molecule has 1 heterocycles. The van der Waals surface area contributed by atoms with Crippen molar-refractivity contribution in [1.29, 1.82) is 0 Å². The number of nitro benzene ring substituents is 1. The van der Waals surface area contributed by atoms with Gasteiger partial charge in [-0.1, -0.05) is 30.3 Å². The van der Waals surface area contributed by atoms with Crippen molar-refractivity contribution in [3.63, 3.8) is 0 Å². The molecule has 26 heavy (non-hydrogen) atoms. The highest BCUT2D eigenvalue weighted by Crippen LogP contribution is 2.25. The third-order valence-electron chi connectivity index (χ3n) is 4.51. The van der Waals surface area contributed by atoms with Crippen LogP contribution in [0, 0.1) is 10.1 Å². The van der Waals surface area contributed by atoms with Crippen LogP contribution < -0.4 is 5.32 Å². The van der Waals surface area contributed by atoms with E-state index in [4.69, 9.17) is 0 Å². The lowest BCUT2D eigenvalue weighted by molar-refractivity contribution is -0.384. The number of nitrogens with zero attached hydrogens (tertiary/aromatic N) is 2. The molecular weight excluding hydrogens is 354 g/mol. The summed E-state index contributed by atoms with van der Waals surface area (Å²) in [6.07, 6.45) is 1.69. The average Bonchev–Trinajstić information content (AvgIpc) is 2.67. The zero-order valence-corrected chi connectivity index (χ0v) is 15.1. The van der Waals surface area contributed by atoms with Crippen LogP contribution >= 0.6 is 0 Å². The molecule has 8 heteroatoms. The van der Waals surface area contributed by atoms with E-state index in [1.807, 2.05) is 30.3 Å². The Morgan fingerprint density at radius 3 is 2.38 bits per heavy atom. The first-order valence-electron chi connectivity index (χ1n) is 8.49. The van der Waals surface area contributed by atoms with E-state index in [-0.39, 0.29) is 23.2 Å². The third-order valence-corrected chi connectivity index (χ3v) is 6.43. The molecule has 1 aliphatic heterocycles. The highest BCUT2D eigenvalue weighted by atomic mass is 32.2. The Bertz CT molecular complexity index is 848. The Kier molecular flexibility index (Phi) is 5.65. The monoisotopic (exact) mass is 375 g/mol. The summed E-state index contributed by atoms with van der Waals surface area (Å²) in [6, 6.07) is 14.4. The maximum atomic E-state index is 13.2. The molecule has 0 aliphatic carbocycles. The van der Waals surface area contributed by atoms with Crippen molar-refractivity contribution in [2.75, 3.05) is 13.1 Å². The van der Waals surface area contributed by atoms with E-state index in [1.165, 1.54) is 28.6 Å².